The molecule has 1 saturated heterocycles. The Kier molecular flexibility index (Phi) is 4.54. The van der Waals surface area contributed by atoms with Gasteiger partial charge in [-0.15, -0.1) is 0 Å². The highest BCUT2D eigenvalue weighted by Crippen LogP contribution is 2.22. The van der Waals surface area contributed by atoms with Crippen LogP contribution in [-0.2, 0) is 16.6 Å². The summed E-state index contributed by atoms with van der Waals surface area (Å²) in [7, 11) is -3.52. The zero-order valence-electron chi connectivity index (χ0n) is 10.8. The number of rotatable bonds is 3. The first-order valence-corrected chi connectivity index (χ1v) is 7.98. The second-order valence-corrected chi connectivity index (χ2v) is 6.71. The molecule has 4 nitrogen and oxygen atoms in total. The fraction of sp³-hybridized carbons (Fsp3) is 0.538. The number of sulfonamides is 1. The van der Waals surface area contributed by atoms with Gasteiger partial charge in [-0.25, -0.2) is 12.8 Å². The van der Waals surface area contributed by atoms with Crippen LogP contribution in [0.1, 0.15) is 31.2 Å². The molecule has 106 valence electrons. The number of benzene rings is 1. The maximum absolute atomic E-state index is 13.4. The first-order valence-electron chi connectivity index (χ1n) is 6.54. The Labute approximate surface area is 113 Å². The second kappa shape index (κ2) is 5.98. The van der Waals surface area contributed by atoms with Gasteiger partial charge in [-0.05, 0) is 31.0 Å². The van der Waals surface area contributed by atoms with Crippen molar-refractivity contribution in [3.05, 3.63) is 29.6 Å². The van der Waals surface area contributed by atoms with E-state index in [1.165, 1.54) is 22.5 Å². The Morgan fingerprint density at radius 2 is 1.79 bits per heavy atom. The summed E-state index contributed by atoms with van der Waals surface area (Å²) in [5.74, 6) is -0.461. The predicted molar refractivity (Wildman–Crippen MR) is 71.5 cm³/mol. The van der Waals surface area contributed by atoms with Gasteiger partial charge in [0.1, 0.15) is 5.82 Å². The number of nitrogens with zero attached hydrogens (tertiary/aromatic N) is 1. The van der Waals surface area contributed by atoms with Crippen LogP contribution in [0.3, 0.4) is 0 Å². The van der Waals surface area contributed by atoms with E-state index in [-0.39, 0.29) is 17.0 Å². The summed E-state index contributed by atoms with van der Waals surface area (Å²) in [6.45, 7) is 1.07. The third kappa shape index (κ3) is 3.13. The van der Waals surface area contributed by atoms with Crippen LogP contribution >= 0.6 is 0 Å². The van der Waals surface area contributed by atoms with Gasteiger partial charge in [0.25, 0.3) is 0 Å². The summed E-state index contributed by atoms with van der Waals surface area (Å²) in [5.41, 5.74) is 5.65. The third-order valence-corrected chi connectivity index (χ3v) is 5.33. The number of nitrogens with two attached hydrogens (primary N) is 1. The fourth-order valence-corrected chi connectivity index (χ4v) is 3.87. The number of halogens is 1. The van der Waals surface area contributed by atoms with Gasteiger partial charge in [0.05, 0.1) is 4.90 Å². The van der Waals surface area contributed by atoms with Crippen molar-refractivity contribution in [2.45, 2.75) is 37.1 Å². The molecular weight excluding hydrogens is 267 g/mol. The third-order valence-electron chi connectivity index (χ3n) is 3.44. The fourth-order valence-electron chi connectivity index (χ4n) is 2.30. The molecule has 1 fully saturated rings. The first kappa shape index (κ1) is 14.4. The minimum Gasteiger partial charge on any atom is -0.326 e. The van der Waals surface area contributed by atoms with E-state index >= 15 is 0 Å². The Hall–Kier alpha value is -0.980. The molecule has 1 aromatic rings. The zero-order chi connectivity index (χ0) is 13.9. The van der Waals surface area contributed by atoms with E-state index in [1.807, 2.05) is 0 Å². The lowest BCUT2D eigenvalue weighted by atomic mass is 10.2. The van der Waals surface area contributed by atoms with E-state index in [1.54, 1.807) is 0 Å². The maximum Gasteiger partial charge on any atom is 0.243 e. The molecule has 0 bridgehead atoms. The van der Waals surface area contributed by atoms with Crippen LogP contribution in [0.15, 0.2) is 23.1 Å². The Balaban J connectivity index is 2.32. The molecule has 0 aliphatic carbocycles. The van der Waals surface area contributed by atoms with Gasteiger partial charge in [0, 0.05) is 25.2 Å². The van der Waals surface area contributed by atoms with Crippen LogP contribution in [0.5, 0.6) is 0 Å². The van der Waals surface area contributed by atoms with Gasteiger partial charge in [-0.1, -0.05) is 12.8 Å². The number of hydrogen-bond acceptors (Lipinski definition) is 3. The largest absolute Gasteiger partial charge is 0.326 e. The van der Waals surface area contributed by atoms with Crippen molar-refractivity contribution >= 4 is 10.0 Å². The van der Waals surface area contributed by atoms with Gasteiger partial charge < -0.3 is 5.73 Å². The standard InChI is InChI=1S/C13H19FN2O2S/c14-13-6-5-12(9-11(13)10-15)19(17,18)16-7-3-1-2-4-8-16/h5-6,9H,1-4,7-8,10,15H2. The molecule has 2 N–H and O–H groups in total. The van der Waals surface area contributed by atoms with Crippen LogP contribution in [0.4, 0.5) is 4.39 Å². The molecule has 1 aromatic carbocycles. The van der Waals surface area contributed by atoms with Crippen LogP contribution < -0.4 is 5.73 Å². The average Bonchev–Trinajstić information content (AvgIpc) is 2.68. The van der Waals surface area contributed by atoms with E-state index in [4.69, 9.17) is 5.73 Å². The molecule has 0 unspecified atom stereocenters. The molecule has 1 aliphatic rings. The molecule has 0 radical (unpaired) electrons. The van der Waals surface area contributed by atoms with E-state index in [0.717, 1.165) is 25.7 Å². The van der Waals surface area contributed by atoms with Crippen LogP contribution in [0, 0.1) is 5.82 Å². The molecule has 1 heterocycles. The molecule has 0 atom stereocenters. The van der Waals surface area contributed by atoms with Crippen molar-refractivity contribution in [2.75, 3.05) is 13.1 Å². The van der Waals surface area contributed by atoms with Crippen molar-refractivity contribution in [3.8, 4) is 0 Å². The van der Waals surface area contributed by atoms with E-state index in [0.29, 0.717) is 13.1 Å². The maximum atomic E-state index is 13.4. The van der Waals surface area contributed by atoms with Crippen LogP contribution in [0.2, 0.25) is 0 Å². The average molecular weight is 286 g/mol. The van der Waals surface area contributed by atoms with Gasteiger partial charge in [-0.2, -0.15) is 4.31 Å². The van der Waals surface area contributed by atoms with Gasteiger partial charge >= 0.3 is 0 Å². The van der Waals surface area contributed by atoms with E-state index in [2.05, 4.69) is 0 Å². The lowest BCUT2D eigenvalue weighted by molar-refractivity contribution is 0.423. The van der Waals surface area contributed by atoms with Gasteiger partial charge in [0.15, 0.2) is 0 Å². The van der Waals surface area contributed by atoms with Crippen molar-refractivity contribution in [3.63, 3.8) is 0 Å². The van der Waals surface area contributed by atoms with E-state index in [9.17, 15) is 12.8 Å². The van der Waals surface area contributed by atoms with E-state index < -0.39 is 15.8 Å². The molecule has 1 aliphatic heterocycles. The Morgan fingerprint density at radius 1 is 1.16 bits per heavy atom. The quantitative estimate of drug-likeness (QED) is 0.922. The topological polar surface area (TPSA) is 63.4 Å². The number of hydrogen-bond donors (Lipinski definition) is 1. The summed E-state index contributed by atoms with van der Waals surface area (Å²) >= 11 is 0. The Bertz CT molecular complexity index is 538. The summed E-state index contributed by atoms with van der Waals surface area (Å²) in [4.78, 5) is 0.135. The molecule has 19 heavy (non-hydrogen) atoms. The summed E-state index contributed by atoms with van der Waals surface area (Å²) in [5, 5.41) is 0. The molecule has 2 rings (SSSR count). The van der Waals surface area contributed by atoms with Crippen molar-refractivity contribution in [1.82, 2.24) is 4.31 Å². The highest BCUT2D eigenvalue weighted by Gasteiger charge is 2.25. The van der Waals surface area contributed by atoms with Gasteiger partial charge in [-0.3, -0.25) is 0 Å². The molecular formula is C13H19FN2O2S. The molecule has 0 saturated carbocycles. The zero-order valence-corrected chi connectivity index (χ0v) is 11.6. The minimum atomic E-state index is -3.52. The van der Waals surface area contributed by atoms with Crippen molar-refractivity contribution < 1.29 is 12.8 Å². The second-order valence-electron chi connectivity index (χ2n) is 4.78. The smallest absolute Gasteiger partial charge is 0.243 e. The highest BCUT2D eigenvalue weighted by atomic mass is 32.2. The highest BCUT2D eigenvalue weighted by molar-refractivity contribution is 7.89. The van der Waals surface area contributed by atoms with Crippen molar-refractivity contribution in [1.29, 1.82) is 0 Å². The molecule has 0 amide bonds. The molecule has 0 spiro atoms. The molecule has 0 aromatic heterocycles. The SMILES string of the molecule is NCc1cc(S(=O)(=O)N2CCCCCC2)ccc1F. The Morgan fingerprint density at radius 3 is 2.37 bits per heavy atom. The summed E-state index contributed by atoms with van der Waals surface area (Å²) < 4.78 is 39.8. The van der Waals surface area contributed by atoms with Gasteiger partial charge in [0.2, 0.25) is 10.0 Å². The lowest BCUT2D eigenvalue weighted by Gasteiger charge is -2.20. The lowest BCUT2D eigenvalue weighted by Crippen LogP contribution is -2.32. The predicted octanol–water partition coefficient (Wildman–Crippen LogP) is 1.85. The monoisotopic (exact) mass is 286 g/mol. The van der Waals surface area contributed by atoms with Crippen LogP contribution in [-0.4, -0.2) is 25.8 Å². The molecule has 6 heteroatoms. The minimum absolute atomic E-state index is 0.00477. The first-order chi connectivity index (χ1) is 9.05. The summed E-state index contributed by atoms with van der Waals surface area (Å²) in [6, 6.07) is 3.83. The summed E-state index contributed by atoms with van der Waals surface area (Å²) in [6.07, 6.45) is 3.88. The van der Waals surface area contributed by atoms with Crippen molar-refractivity contribution in [2.24, 2.45) is 5.73 Å². The van der Waals surface area contributed by atoms with Crippen LogP contribution in [0.25, 0.3) is 0 Å². The normalized spacial score (nSPS) is 18.2.